The average Bonchev–Trinajstić information content (AvgIpc) is 2.77. The van der Waals surface area contributed by atoms with Crippen LogP contribution in [-0.2, 0) is 4.79 Å². The number of carbonyl (C=O) groups is 1. The van der Waals surface area contributed by atoms with E-state index in [1.807, 2.05) is 18.2 Å². The molecule has 0 aliphatic heterocycles. The summed E-state index contributed by atoms with van der Waals surface area (Å²) in [5.74, 6) is 1.15. The molecule has 1 aromatic heterocycles. The van der Waals surface area contributed by atoms with Crippen molar-refractivity contribution in [2.24, 2.45) is 0 Å². The van der Waals surface area contributed by atoms with Gasteiger partial charge in [-0.25, -0.2) is 4.79 Å². The molecule has 0 saturated heterocycles. The van der Waals surface area contributed by atoms with E-state index in [0.717, 1.165) is 10.8 Å². The highest BCUT2D eigenvalue weighted by Crippen LogP contribution is 2.30. The van der Waals surface area contributed by atoms with Crippen molar-refractivity contribution in [3.8, 4) is 17.2 Å². The minimum Gasteiger partial charge on any atom is -0.493 e. The molecule has 7 nitrogen and oxygen atoms in total. The number of fused-ring (bicyclic) bond motifs is 3. The van der Waals surface area contributed by atoms with Crippen LogP contribution in [0.15, 0.2) is 69.9 Å². The molecule has 0 spiro atoms. The van der Waals surface area contributed by atoms with Crippen molar-refractivity contribution < 1.29 is 23.4 Å². The van der Waals surface area contributed by atoms with E-state index in [1.54, 1.807) is 49.6 Å². The number of hydrogen-bond donors (Lipinski definition) is 1. The molecule has 4 aromatic rings. The first-order valence-corrected chi connectivity index (χ1v) is 9.19. The fourth-order valence-corrected chi connectivity index (χ4v) is 3.21. The van der Waals surface area contributed by atoms with E-state index in [2.05, 4.69) is 5.32 Å². The van der Waals surface area contributed by atoms with E-state index < -0.39 is 5.63 Å². The minimum absolute atomic E-state index is 0.211. The molecular formula is C23H19NO6. The molecule has 0 aliphatic carbocycles. The monoisotopic (exact) mass is 405 g/mol. The van der Waals surface area contributed by atoms with Gasteiger partial charge in [-0.1, -0.05) is 18.2 Å². The molecule has 4 rings (SSSR count). The zero-order valence-corrected chi connectivity index (χ0v) is 16.4. The number of rotatable bonds is 6. The van der Waals surface area contributed by atoms with Gasteiger partial charge in [0.2, 0.25) is 0 Å². The standard InChI is InChI=1S/C23H19NO6/c1-27-19-10-7-14(11-21(19)28-2)24-22(25)13-29-15-8-9-17-16-5-3-4-6-18(16)23(26)30-20(17)12-15/h3-12H,13H2,1-2H3,(H,24,25). The molecule has 0 saturated carbocycles. The highest BCUT2D eigenvalue weighted by molar-refractivity contribution is 6.04. The van der Waals surface area contributed by atoms with Crippen LogP contribution in [0.4, 0.5) is 5.69 Å². The lowest BCUT2D eigenvalue weighted by Crippen LogP contribution is -2.20. The molecule has 0 bridgehead atoms. The highest BCUT2D eigenvalue weighted by atomic mass is 16.5. The number of benzene rings is 3. The molecule has 1 heterocycles. The Hall–Kier alpha value is -4.00. The van der Waals surface area contributed by atoms with Crippen molar-refractivity contribution in [2.75, 3.05) is 26.1 Å². The second-order valence-electron chi connectivity index (χ2n) is 6.50. The minimum atomic E-state index is -0.415. The Kier molecular flexibility index (Phi) is 5.26. The first-order valence-electron chi connectivity index (χ1n) is 9.19. The van der Waals surface area contributed by atoms with Crippen molar-refractivity contribution in [3.63, 3.8) is 0 Å². The molecular weight excluding hydrogens is 386 g/mol. The Morgan fingerprint density at radius 2 is 1.67 bits per heavy atom. The summed E-state index contributed by atoms with van der Waals surface area (Å²) in [5.41, 5.74) is 0.537. The van der Waals surface area contributed by atoms with Crippen LogP contribution in [0.1, 0.15) is 0 Å². The number of ether oxygens (including phenoxy) is 3. The fraction of sp³-hybridized carbons (Fsp3) is 0.130. The summed E-state index contributed by atoms with van der Waals surface area (Å²) in [4.78, 5) is 24.4. The quantitative estimate of drug-likeness (QED) is 0.386. The molecule has 0 aliphatic rings. The molecule has 1 amide bonds. The van der Waals surface area contributed by atoms with Gasteiger partial charge in [0, 0.05) is 23.2 Å². The third kappa shape index (κ3) is 3.77. The zero-order valence-electron chi connectivity index (χ0n) is 16.4. The average molecular weight is 405 g/mol. The van der Waals surface area contributed by atoms with Gasteiger partial charge >= 0.3 is 5.63 Å². The Bertz CT molecular complexity index is 1290. The fourth-order valence-electron chi connectivity index (χ4n) is 3.21. The van der Waals surface area contributed by atoms with Gasteiger partial charge in [-0.2, -0.15) is 0 Å². The van der Waals surface area contributed by atoms with Crippen LogP contribution in [0.2, 0.25) is 0 Å². The highest BCUT2D eigenvalue weighted by Gasteiger charge is 2.10. The van der Waals surface area contributed by atoms with Crippen molar-refractivity contribution in [1.29, 1.82) is 0 Å². The maximum absolute atomic E-state index is 12.3. The summed E-state index contributed by atoms with van der Waals surface area (Å²) >= 11 is 0. The number of anilines is 1. The number of hydrogen-bond acceptors (Lipinski definition) is 6. The maximum Gasteiger partial charge on any atom is 0.344 e. The van der Waals surface area contributed by atoms with E-state index in [1.165, 1.54) is 7.11 Å². The predicted octanol–water partition coefficient (Wildman–Crippen LogP) is 3.98. The molecule has 0 radical (unpaired) electrons. The van der Waals surface area contributed by atoms with Crippen molar-refractivity contribution in [1.82, 2.24) is 0 Å². The van der Waals surface area contributed by atoms with Crippen LogP contribution < -0.4 is 25.2 Å². The predicted molar refractivity (Wildman–Crippen MR) is 114 cm³/mol. The topological polar surface area (TPSA) is 87.0 Å². The first kappa shape index (κ1) is 19.3. The van der Waals surface area contributed by atoms with Crippen LogP contribution >= 0.6 is 0 Å². The number of amides is 1. The van der Waals surface area contributed by atoms with Gasteiger partial charge in [0.05, 0.1) is 19.6 Å². The van der Waals surface area contributed by atoms with E-state index >= 15 is 0 Å². The SMILES string of the molecule is COc1ccc(NC(=O)COc2ccc3c(c2)oc(=O)c2ccccc23)cc1OC. The molecule has 1 N–H and O–H groups in total. The van der Waals surface area contributed by atoms with Crippen molar-refractivity contribution in [2.45, 2.75) is 0 Å². The van der Waals surface area contributed by atoms with Crippen LogP contribution in [0.25, 0.3) is 21.7 Å². The first-order chi connectivity index (χ1) is 14.6. The van der Waals surface area contributed by atoms with Crippen molar-refractivity contribution in [3.05, 3.63) is 71.1 Å². The molecule has 0 unspecified atom stereocenters. The lowest BCUT2D eigenvalue weighted by molar-refractivity contribution is -0.118. The zero-order chi connectivity index (χ0) is 21.1. The smallest absolute Gasteiger partial charge is 0.344 e. The third-order valence-corrected chi connectivity index (χ3v) is 4.63. The summed E-state index contributed by atoms with van der Waals surface area (Å²) in [6.45, 7) is -0.211. The van der Waals surface area contributed by atoms with Gasteiger partial charge < -0.3 is 23.9 Å². The van der Waals surface area contributed by atoms with Gasteiger partial charge in [0.1, 0.15) is 11.3 Å². The molecule has 0 fully saturated rings. The Balaban J connectivity index is 1.49. The van der Waals surface area contributed by atoms with Crippen molar-refractivity contribution >= 4 is 33.3 Å². The summed E-state index contributed by atoms with van der Waals surface area (Å²) in [7, 11) is 3.06. The van der Waals surface area contributed by atoms with Gasteiger partial charge in [-0.05, 0) is 35.7 Å². The largest absolute Gasteiger partial charge is 0.493 e. The van der Waals surface area contributed by atoms with E-state index in [4.69, 9.17) is 18.6 Å². The summed E-state index contributed by atoms with van der Waals surface area (Å²) < 4.78 is 21.4. The number of methoxy groups -OCH3 is 2. The molecule has 0 atom stereocenters. The van der Waals surface area contributed by atoms with Gasteiger partial charge in [0.25, 0.3) is 5.91 Å². The van der Waals surface area contributed by atoms with E-state index in [-0.39, 0.29) is 12.5 Å². The van der Waals surface area contributed by atoms with Crippen LogP contribution in [0.3, 0.4) is 0 Å². The van der Waals surface area contributed by atoms with Crippen LogP contribution in [0.5, 0.6) is 17.2 Å². The summed E-state index contributed by atoms with van der Waals surface area (Å²) in [5, 5.41) is 4.86. The normalized spacial score (nSPS) is 10.7. The Morgan fingerprint density at radius 1 is 0.900 bits per heavy atom. The Morgan fingerprint density at radius 3 is 2.43 bits per heavy atom. The lowest BCUT2D eigenvalue weighted by Gasteiger charge is -2.11. The number of carbonyl (C=O) groups excluding carboxylic acids is 1. The Labute approximate surface area is 171 Å². The molecule has 7 heteroatoms. The second kappa shape index (κ2) is 8.16. The van der Waals surface area contributed by atoms with Crippen LogP contribution in [0, 0.1) is 0 Å². The van der Waals surface area contributed by atoms with Gasteiger partial charge in [-0.3, -0.25) is 4.79 Å². The van der Waals surface area contributed by atoms with E-state index in [0.29, 0.717) is 33.9 Å². The second-order valence-corrected chi connectivity index (χ2v) is 6.50. The summed E-state index contributed by atoms with van der Waals surface area (Å²) in [6.07, 6.45) is 0. The lowest BCUT2D eigenvalue weighted by atomic mass is 10.1. The van der Waals surface area contributed by atoms with Crippen LogP contribution in [-0.4, -0.2) is 26.7 Å². The maximum atomic E-state index is 12.3. The molecule has 152 valence electrons. The van der Waals surface area contributed by atoms with Gasteiger partial charge in [-0.15, -0.1) is 0 Å². The third-order valence-electron chi connectivity index (χ3n) is 4.63. The number of nitrogens with one attached hydrogen (secondary N) is 1. The van der Waals surface area contributed by atoms with Gasteiger partial charge in [0.15, 0.2) is 18.1 Å². The van der Waals surface area contributed by atoms with E-state index in [9.17, 15) is 9.59 Å². The molecule has 30 heavy (non-hydrogen) atoms. The summed E-state index contributed by atoms with van der Waals surface area (Å²) in [6, 6.07) is 17.5. The molecule has 3 aromatic carbocycles.